The van der Waals surface area contributed by atoms with Crippen molar-refractivity contribution < 1.29 is 15.3 Å². The van der Waals surface area contributed by atoms with Gasteiger partial charge in [-0.25, -0.2) is 0 Å². The molecule has 78 valence electrons. The van der Waals surface area contributed by atoms with Crippen molar-refractivity contribution in [3.63, 3.8) is 0 Å². The molecule has 14 heavy (non-hydrogen) atoms. The fourth-order valence-corrected chi connectivity index (χ4v) is 1.60. The Balaban J connectivity index is 3.49. The van der Waals surface area contributed by atoms with Gasteiger partial charge in [0.15, 0.2) is 0 Å². The highest BCUT2D eigenvalue weighted by Gasteiger charge is 2.26. The number of rotatable bonds is 1. The third-order valence-corrected chi connectivity index (χ3v) is 2.95. The summed E-state index contributed by atoms with van der Waals surface area (Å²) in [6.07, 6.45) is 0. The average molecular weight is 217 g/mol. The Morgan fingerprint density at radius 3 is 2.00 bits per heavy atom. The van der Waals surface area contributed by atoms with E-state index in [0.29, 0.717) is 16.1 Å². The molecule has 0 saturated carbocycles. The van der Waals surface area contributed by atoms with E-state index < -0.39 is 5.97 Å². The fourth-order valence-electron chi connectivity index (χ4n) is 1.40. The van der Waals surface area contributed by atoms with Crippen molar-refractivity contribution in [2.45, 2.75) is 26.7 Å². The predicted molar refractivity (Wildman–Crippen MR) is 54.0 cm³/mol. The lowest BCUT2D eigenvalue weighted by Gasteiger charge is -2.20. The lowest BCUT2D eigenvalue weighted by molar-refractivity contribution is -0.324. The minimum absolute atomic E-state index is 0.0666. The van der Waals surface area contributed by atoms with Crippen molar-refractivity contribution in [3.05, 3.63) is 33.3 Å². The van der Waals surface area contributed by atoms with Crippen LogP contribution in [0.2, 0.25) is 5.02 Å². The van der Waals surface area contributed by atoms with Crippen LogP contribution in [0.15, 0.2) is 6.07 Å². The van der Waals surface area contributed by atoms with Crippen molar-refractivity contribution in [1.82, 2.24) is 0 Å². The van der Waals surface area contributed by atoms with Crippen LogP contribution in [0.1, 0.15) is 22.3 Å². The summed E-state index contributed by atoms with van der Waals surface area (Å²) < 4.78 is 0. The number of hydrogen-bond acceptors (Lipinski definition) is 3. The summed E-state index contributed by atoms with van der Waals surface area (Å²) in [4.78, 5) is 0. The molecule has 0 unspecified atom stereocenters. The molecule has 0 amide bonds. The summed E-state index contributed by atoms with van der Waals surface area (Å²) in [5, 5.41) is 27.8. The van der Waals surface area contributed by atoms with Gasteiger partial charge in [0.1, 0.15) is 0 Å². The third kappa shape index (κ3) is 1.91. The van der Waals surface area contributed by atoms with Gasteiger partial charge in [0.05, 0.1) is 0 Å². The van der Waals surface area contributed by atoms with Crippen LogP contribution >= 0.6 is 11.6 Å². The normalized spacial score (nSPS) is 11.9. The van der Waals surface area contributed by atoms with E-state index in [9.17, 15) is 0 Å². The molecule has 0 aliphatic carbocycles. The van der Waals surface area contributed by atoms with E-state index in [4.69, 9.17) is 26.9 Å². The van der Waals surface area contributed by atoms with Crippen molar-refractivity contribution in [2.75, 3.05) is 0 Å². The quantitative estimate of drug-likeness (QED) is 0.621. The summed E-state index contributed by atoms with van der Waals surface area (Å²) >= 11 is 5.96. The van der Waals surface area contributed by atoms with Crippen LogP contribution in [0.3, 0.4) is 0 Å². The van der Waals surface area contributed by atoms with Crippen LogP contribution in [0.5, 0.6) is 0 Å². The Bertz CT molecular complexity index is 367. The Kier molecular flexibility index (Phi) is 2.88. The first-order chi connectivity index (χ1) is 6.25. The first-order valence-electron chi connectivity index (χ1n) is 4.19. The summed E-state index contributed by atoms with van der Waals surface area (Å²) in [5.41, 5.74) is 2.08. The van der Waals surface area contributed by atoms with Crippen LogP contribution in [0, 0.1) is 20.8 Å². The van der Waals surface area contributed by atoms with Crippen LogP contribution < -0.4 is 0 Å². The minimum atomic E-state index is -2.80. The van der Waals surface area contributed by atoms with Gasteiger partial charge in [0.2, 0.25) is 0 Å². The van der Waals surface area contributed by atoms with E-state index in [1.807, 2.05) is 0 Å². The molecule has 0 aromatic heterocycles. The Morgan fingerprint density at radius 2 is 1.57 bits per heavy atom. The predicted octanol–water partition coefficient (Wildman–Crippen LogP) is 1.35. The second-order valence-corrected chi connectivity index (χ2v) is 3.82. The van der Waals surface area contributed by atoms with Gasteiger partial charge < -0.3 is 15.3 Å². The standard InChI is InChI=1S/C10H13ClO3/c1-5-4-8(10(12,13)14)6(2)7(3)9(5)11/h4,12-14H,1-3H3. The van der Waals surface area contributed by atoms with Crippen LogP contribution in [0.25, 0.3) is 0 Å². The molecular weight excluding hydrogens is 204 g/mol. The Morgan fingerprint density at radius 1 is 1.07 bits per heavy atom. The lowest BCUT2D eigenvalue weighted by atomic mass is 9.98. The Labute approximate surface area is 87.6 Å². The molecule has 0 heterocycles. The maximum atomic E-state index is 9.08. The zero-order valence-electron chi connectivity index (χ0n) is 8.30. The number of aryl methyl sites for hydroxylation is 1. The van der Waals surface area contributed by atoms with Gasteiger partial charge in [0, 0.05) is 10.6 Å². The average Bonchev–Trinajstić information content (AvgIpc) is 2.06. The monoisotopic (exact) mass is 216 g/mol. The number of halogens is 1. The van der Waals surface area contributed by atoms with E-state index in [-0.39, 0.29) is 5.56 Å². The Hall–Kier alpha value is -0.610. The minimum Gasteiger partial charge on any atom is -0.340 e. The van der Waals surface area contributed by atoms with E-state index in [0.717, 1.165) is 5.56 Å². The highest BCUT2D eigenvalue weighted by Crippen LogP contribution is 2.30. The van der Waals surface area contributed by atoms with E-state index >= 15 is 0 Å². The van der Waals surface area contributed by atoms with Crippen molar-refractivity contribution in [1.29, 1.82) is 0 Å². The van der Waals surface area contributed by atoms with Crippen LogP contribution in [-0.4, -0.2) is 15.3 Å². The van der Waals surface area contributed by atoms with Gasteiger partial charge in [-0.05, 0) is 43.5 Å². The summed E-state index contributed by atoms with van der Waals surface area (Å²) in [5.74, 6) is -2.80. The molecule has 0 aliphatic heterocycles. The molecule has 0 atom stereocenters. The second-order valence-electron chi connectivity index (χ2n) is 3.44. The van der Waals surface area contributed by atoms with Gasteiger partial charge in [-0.3, -0.25) is 0 Å². The first kappa shape index (κ1) is 11.5. The summed E-state index contributed by atoms with van der Waals surface area (Å²) in [6, 6.07) is 1.46. The number of aliphatic hydroxyl groups is 3. The molecule has 0 bridgehead atoms. The van der Waals surface area contributed by atoms with Gasteiger partial charge in [-0.2, -0.15) is 0 Å². The molecule has 0 fully saturated rings. The molecule has 1 aromatic rings. The first-order valence-corrected chi connectivity index (χ1v) is 4.57. The molecule has 3 nitrogen and oxygen atoms in total. The second kappa shape index (κ2) is 3.51. The lowest BCUT2D eigenvalue weighted by Crippen LogP contribution is -2.25. The third-order valence-electron chi connectivity index (χ3n) is 2.36. The van der Waals surface area contributed by atoms with Crippen molar-refractivity contribution in [3.8, 4) is 0 Å². The maximum Gasteiger partial charge on any atom is 0.304 e. The molecule has 4 heteroatoms. The smallest absolute Gasteiger partial charge is 0.304 e. The zero-order valence-corrected chi connectivity index (χ0v) is 9.05. The van der Waals surface area contributed by atoms with E-state index in [1.165, 1.54) is 6.07 Å². The van der Waals surface area contributed by atoms with E-state index in [1.54, 1.807) is 20.8 Å². The highest BCUT2D eigenvalue weighted by atomic mass is 35.5. The topological polar surface area (TPSA) is 60.7 Å². The van der Waals surface area contributed by atoms with Gasteiger partial charge >= 0.3 is 5.97 Å². The van der Waals surface area contributed by atoms with Crippen LogP contribution in [-0.2, 0) is 5.97 Å². The van der Waals surface area contributed by atoms with Crippen molar-refractivity contribution >= 4 is 11.6 Å². The number of hydrogen-bond donors (Lipinski definition) is 3. The van der Waals surface area contributed by atoms with Gasteiger partial charge in [-0.1, -0.05) is 11.6 Å². The van der Waals surface area contributed by atoms with Gasteiger partial charge in [-0.15, -0.1) is 0 Å². The molecule has 3 N–H and O–H groups in total. The fraction of sp³-hybridized carbons (Fsp3) is 0.400. The van der Waals surface area contributed by atoms with Crippen molar-refractivity contribution in [2.24, 2.45) is 0 Å². The van der Waals surface area contributed by atoms with Crippen LogP contribution in [0.4, 0.5) is 0 Å². The molecule has 1 rings (SSSR count). The SMILES string of the molecule is Cc1cc(C(O)(O)O)c(C)c(C)c1Cl. The molecule has 0 radical (unpaired) electrons. The highest BCUT2D eigenvalue weighted by molar-refractivity contribution is 6.32. The molecule has 1 aromatic carbocycles. The summed E-state index contributed by atoms with van der Waals surface area (Å²) in [6.45, 7) is 5.18. The molecule has 0 spiro atoms. The largest absolute Gasteiger partial charge is 0.340 e. The van der Waals surface area contributed by atoms with Gasteiger partial charge in [0.25, 0.3) is 0 Å². The molecular formula is C10H13ClO3. The zero-order chi connectivity index (χ0) is 11.1. The molecule has 0 aliphatic rings. The summed E-state index contributed by atoms with van der Waals surface area (Å²) in [7, 11) is 0. The van der Waals surface area contributed by atoms with E-state index in [2.05, 4.69) is 0 Å². The maximum absolute atomic E-state index is 9.08. The molecule has 0 saturated heterocycles. The number of benzene rings is 1.